The topological polar surface area (TPSA) is 9.23 Å². The molecular weight excluding hydrogens is 219 g/mol. The molecule has 1 rings (SSSR count). The molecule has 0 fully saturated rings. The highest BCUT2D eigenvalue weighted by Crippen LogP contribution is 2.37. The van der Waals surface area contributed by atoms with Gasteiger partial charge in [-0.25, -0.2) is 0 Å². The first-order valence-electron chi connectivity index (χ1n) is 3.72. The van der Waals surface area contributed by atoms with E-state index in [1.807, 2.05) is 0 Å². The summed E-state index contributed by atoms with van der Waals surface area (Å²) in [6.45, 7) is 5.15. The molecule has 0 saturated heterocycles. The van der Waals surface area contributed by atoms with Crippen molar-refractivity contribution < 1.29 is 26.7 Å². The summed E-state index contributed by atoms with van der Waals surface area (Å²) in [5, 5.41) is 0. The zero-order valence-electron chi connectivity index (χ0n) is 7.18. The molecule has 0 amide bonds. The second kappa shape index (κ2) is 3.67. The van der Waals surface area contributed by atoms with Gasteiger partial charge in [0.1, 0.15) is 5.75 Å². The van der Waals surface area contributed by atoms with E-state index in [4.69, 9.17) is 6.92 Å². The molecule has 0 aliphatic heterocycles. The number of para-hydroxylation sites is 1. The van der Waals surface area contributed by atoms with Crippen molar-refractivity contribution in [3.63, 3.8) is 0 Å². The van der Waals surface area contributed by atoms with Gasteiger partial charge in [-0.1, -0.05) is 18.2 Å². The molecule has 0 unspecified atom stereocenters. The first kappa shape index (κ1) is 11.7. The van der Waals surface area contributed by atoms with Gasteiger partial charge < -0.3 is 4.74 Å². The number of ether oxygens (including phenoxy) is 1. The van der Waals surface area contributed by atoms with Gasteiger partial charge in [0, 0.05) is 6.92 Å². The maximum absolute atomic E-state index is 12.4. The maximum atomic E-state index is 12.4. The van der Waals surface area contributed by atoms with E-state index in [2.05, 4.69) is 4.74 Å². The number of halogens is 5. The van der Waals surface area contributed by atoms with Crippen molar-refractivity contribution in [2.45, 2.75) is 12.3 Å². The second-order valence-electron chi connectivity index (χ2n) is 2.65. The van der Waals surface area contributed by atoms with E-state index in [0.29, 0.717) is 0 Å². The summed E-state index contributed by atoms with van der Waals surface area (Å²) in [7, 11) is 0. The van der Waals surface area contributed by atoms with Gasteiger partial charge in [-0.3, -0.25) is 0 Å². The Bertz CT molecular complexity index is 345. The van der Waals surface area contributed by atoms with Gasteiger partial charge >= 0.3 is 12.3 Å². The molecule has 0 aromatic heterocycles. The highest BCUT2D eigenvalue weighted by Gasteiger charge is 2.61. The van der Waals surface area contributed by atoms with Crippen LogP contribution in [0.4, 0.5) is 22.0 Å². The Labute approximate surface area is 82.5 Å². The molecule has 0 saturated carbocycles. The Hall–Kier alpha value is -1.33. The lowest BCUT2D eigenvalue weighted by Crippen LogP contribution is -2.42. The average Bonchev–Trinajstić information content (AvgIpc) is 2.06. The predicted molar refractivity (Wildman–Crippen MR) is 41.5 cm³/mol. The molecule has 0 aliphatic rings. The third-order valence-electron chi connectivity index (χ3n) is 1.49. The van der Waals surface area contributed by atoms with Crippen LogP contribution in [0.5, 0.6) is 5.75 Å². The van der Waals surface area contributed by atoms with E-state index in [1.165, 1.54) is 12.1 Å². The molecule has 15 heavy (non-hydrogen) atoms. The maximum Gasteiger partial charge on any atom is 0.499 e. The summed E-state index contributed by atoms with van der Waals surface area (Å²) < 4.78 is 63.5. The molecule has 2 radical (unpaired) electrons. The zero-order valence-corrected chi connectivity index (χ0v) is 7.18. The Morgan fingerprint density at radius 2 is 1.53 bits per heavy atom. The molecule has 6 heteroatoms. The van der Waals surface area contributed by atoms with Crippen LogP contribution >= 0.6 is 0 Å². The van der Waals surface area contributed by atoms with Gasteiger partial charge in [0.05, 0.1) is 0 Å². The van der Waals surface area contributed by atoms with Crippen LogP contribution in [0.3, 0.4) is 0 Å². The fraction of sp³-hybridized carbons (Fsp3) is 0.222. The van der Waals surface area contributed by atoms with E-state index in [-0.39, 0.29) is 5.56 Å². The molecule has 0 bridgehead atoms. The minimum Gasteiger partial charge on any atom is -0.425 e. The van der Waals surface area contributed by atoms with Crippen LogP contribution in [0.1, 0.15) is 5.56 Å². The van der Waals surface area contributed by atoms with Gasteiger partial charge in [-0.05, 0) is 11.6 Å². The fourth-order valence-corrected chi connectivity index (χ4v) is 0.769. The Balaban J connectivity index is 2.92. The van der Waals surface area contributed by atoms with Crippen molar-refractivity contribution in [1.29, 1.82) is 0 Å². The molecule has 82 valence electrons. The van der Waals surface area contributed by atoms with Gasteiger partial charge in [0.15, 0.2) is 0 Å². The van der Waals surface area contributed by atoms with Crippen LogP contribution in [0, 0.1) is 6.92 Å². The zero-order chi connectivity index (χ0) is 11.7. The minimum atomic E-state index is -5.77. The first-order chi connectivity index (χ1) is 6.74. The molecule has 1 aromatic carbocycles. The van der Waals surface area contributed by atoms with Crippen molar-refractivity contribution in [2.75, 3.05) is 0 Å². The van der Waals surface area contributed by atoms with E-state index >= 15 is 0 Å². The van der Waals surface area contributed by atoms with E-state index in [1.54, 1.807) is 0 Å². The van der Waals surface area contributed by atoms with Crippen LogP contribution < -0.4 is 4.74 Å². The van der Waals surface area contributed by atoms with E-state index in [0.717, 1.165) is 12.1 Å². The van der Waals surface area contributed by atoms with Crippen molar-refractivity contribution >= 4 is 0 Å². The molecule has 0 spiro atoms. The van der Waals surface area contributed by atoms with Crippen molar-refractivity contribution in [3.05, 3.63) is 36.8 Å². The second-order valence-corrected chi connectivity index (χ2v) is 2.65. The Morgan fingerprint density at radius 1 is 1.00 bits per heavy atom. The number of alkyl halides is 5. The molecular formula is C9H5F5O. The van der Waals surface area contributed by atoms with Crippen LogP contribution in [-0.4, -0.2) is 12.3 Å². The number of rotatable bonds is 2. The van der Waals surface area contributed by atoms with Crippen LogP contribution in [0.25, 0.3) is 0 Å². The molecule has 0 aliphatic carbocycles. The Kier molecular flexibility index (Phi) is 2.88. The SMILES string of the molecule is [CH]c1ccccc1OC(F)(F)C(F)(F)F. The lowest BCUT2D eigenvalue weighted by Gasteiger charge is -2.20. The third-order valence-corrected chi connectivity index (χ3v) is 1.49. The normalized spacial score (nSPS) is 12.7. The minimum absolute atomic E-state index is 0.290. The highest BCUT2D eigenvalue weighted by molar-refractivity contribution is 5.35. The van der Waals surface area contributed by atoms with Gasteiger partial charge in [0.2, 0.25) is 0 Å². The summed E-state index contributed by atoms with van der Waals surface area (Å²) in [4.78, 5) is 0. The standard InChI is InChI=1S/C9H5F5O/c1-6-4-2-3-5-7(6)15-9(13,14)8(10,11)12/h1-5H. The lowest BCUT2D eigenvalue weighted by atomic mass is 10.2. The monoisotopic (exact) mass is 224 g/mol. The molecule has 1 aromatic rings. The average molecular weight is 224 g/mol. The summed E-state index contributed by atoms with van der Waals surface area (Å²) in [6, 6.07) is 4.70. The van der Waals surface area contributed by atoms with Crippen molar-refractivity contribution in [3.8, 4) is 5.75 Å². The fourth-order valence-electron chi connectivity index (χ4n) is 0.769. The van der Waals surface area contributed by atoms with Crippen molar-refractivity contribution in [1.82, 2.24) is 0 Å². The van der Waals surface area contributed by atoms with E-state index < -0.39 is 18.0 Å². The largest absolute Gasteiger partial charge is 0.499 e. The third kappa shape index (κ3) is 2.57. The number of hydrogen-bond acceptors (Lipinski definition) is 1. The van der Waals surface area contributed by atoms with Gasteiger partial charge in [-0.15, -0.1) is 0 Å². The molecule has 0 N–H and O–H groups in total. The number of hydrogen-bond donors (Lipinski definition) is 0. The van der Waals surface area contributed by atoms with Crippen LogP contribution in [0.15, 0.2) is 24.3 Å². The smallest absolute Gasteiger partial charge is 0.425 e. The van der Waals surface area contributed by atoms with E-state index in [9.17, 15) is 22.0 Å². The first-order valence-corrected chi connectivity index (χ1v) is 3.72. The predicted octanol–water partition coefficient (Wildman–Crippen LogP) is 3.28. The Morgan fingerprint density at radius 3 is 2.00 bits per heavy atom. The van der Waals surface area contributed by atoms with Crippen LogP contribution in [0.2, 0.25) is 0 Å². The number of benzene rings is 1. The summed E-state index contributed by atoms with van der Waals surface area (Å²) in [5.41, 5.74) is -0.290. The summed E-state index contributed by atoms with van der Waals surface area (Å²) >= 11 is 0. The quantitative estimate of drug-likeness (QED) is 0.700. The molecule has 0 atom stereocenters. The molecule has 0 heterocycles. The van der Waals surface area contributed by atoms with Crippen LogP contribution in [-0.2, 0) is 0 Å². The highest BCUT2D eigenvalue weighted by atomic mass is 19.4. The summed E-state index contributed by atoms with van der Waals surface area (Å²) in [5.74, 6) is -0.708. The van der Waals surface area contributed by atoms with Gasteiger partial charge in [-0.2, -0.15) is 22.0 Å². The summed E-state index contributed by atoms with van der Waals surface area (Å²) in [6.07, 6.45) is -11.0. The van der Waals surface area contributed by atoms with Gasteiger partial charge in [0.25, 0.3) is 0 Å². The van der Waals surface area contributed by atoms with Crippen molar-refractivity contribution in [2.24, 2.45) is 0 Å². The molecule has 1 nitrogen and oxygen atoms in total. The lowest BCUT2D eigenvalue weighted by molar-refractivity contribution is -0.360.